The molecule has 0 aliphatic heterocycles. The quantitative estimate of drug-likeness (QED) is 0.774. The standard InChI is InChI=1S/C12H9F3N2/c13-12(14,15)11-9(4-1-5-10(11)16)8-3-2-6-17-7-8/h1-7H,16H2. The van der Waals surface area contributed by atoms with Crippen molar-refractivity contribution in [3.8, 4) is 11.1 Å². The van der Waals surface area contributed by atoms with E-state index >= 15 is 0 Å². The lowest BCUT2D eigenvalue weighted by Crippen LogP contribution is -2.10. The Morgan fingerprint density at radius 2 is 1.82 bits per heavy atom. The van der Waals surface area contributed by atoms with Crippen molar-refractivity contribution >= 4 is 5.69 Å². The van der Waals surface area contributed by atoms with E-state index in [-0.39, 0.29) is 11.3 Å². The fourth-order valence-corrected chi connectivity index (χ4v) is 1.65. The first-order valence-corrected chi connectivity index (χ1v) is 4.86. The van der Waals surface area contributed by atoms with E-state index in [1.807, 2.05) is 0 Å². The molecule has 0 saturated carbocycles. The fraction of sp³-hybridized carbons (Fsp3) is 0.0833. The number of halogens is 3. The lowest BCUT2D eigenvalue weighted by atomic mass is 9.99. The predicted molar refractivity (Wildman–Crippen MR) is 59.1 cm³/mol. The van der Waals surface area contributed by atoms with E-state index < -0.39 is 11.7 Å². The maximum absolute atomic E-state index is 12.9. The lowest BCUT2D eigenvalue weighted by molar-refractivity contribution is -0.136. The van der Waals surface area contributed by atoms with Crippen LogP contribution in [0.2, 0.25) is 0 Å². The molecule has 0 saturated heterocycles. The van der Waals surface area contributed by atoms with Crippen molar-refractivity contribution in [1.82, 2.24) is 4.98 Å². The molecular formula is C12H9F3N2. The van der Waals surface area contributed by atoms with Crippen molar-refractivity contribution in [2.45, 2.75) is 6.18 Å². The van der Waals surface area contributed by atoms with Crippen molar-refractivity contribution in [1.29, 1.82) is 0 Å². The highest BCUT2D eigenvalue weighted by Crippen LogP contribution is 2.40. The summed E-state index contributed by atoms with van der Waals surface area (Å²) in [5, 5.41) is 0. The number of nitrogens with zero attached hydrogens (tertiary/aromatic N) is 1. The molecule has 0 aliphatic carbocycles. The first kappa shape index (κ1) is 11.4. The van der Waals surface area contributed by atoms with E-state index in [0.29, 0.717) is 5.56 Å². The Balaban J connectivity index is 2.67. The molecule has 2 aromatic rings. The second-order valence-corrected chi connectivity index (χ2v) is 3.51. The van der Waals surface area contributed by atoms with Gasteiger partial charge in [0.1, 0.15) is 0 Å². The molecule has 0 unspecified atom stereocenters. The molecule has 2 rings (SSSR count). The van der Waals surface area contributed by atoms with Gasteiger partial charge in [0.05, 0.1) is 5.56 Å². The minimum absolute atomic E-state index is 0.0469. The summed E-state index contributed by atoms with van der Waals surface area (Å²) in [6.07, 6.45) is -1.59. The SMILES string of the molecule is Nc1cccc(-c2cccnc2)c1C(F)(F)F. The van der Waals surface area contributed by atoms with Gasteiger partial charge in [0, 0.05) is 23.6 Å². The number of nitrogen functional groups attached to an aromatic ring is 1. The number of nitrogens with two attached hydrogens (primary N) is 1. The van der Waals surface area contributed by atoms with Crippen molar-refractivity contribution in [3.63, 3.8) is 0 Å². The Labute approximate surface area is 95.9 Å². The average molecular weight is 238 g/mol. The number of rotatable bonds is 1. The summed E-state index contributed by atoms with van der Waals surface area (Å²) in [6, 6.07) is 7.27. The van der Waals surface area contributed by atoms with Gasteiger partial charge in [-0.25, -0.2) is 0 Å². The van der Waals surface area contributed by atoms with Gasteiger partial charge in [-0.1, -0.05) is 18.2 Å². The molecule has 0 radical (unpaired) electrons. The van der Waals surface area contributed by atoms with Crippen LogP contribution in [0.5, 0.6) is 0 Å². The zero-order valence-corrected chi connectivity index (χ0v) is 8.70. The zero-order chi connectivity index (χ0) is 12.5. The third-order valence-electron chi connectivity index (χ3n) is 2.35. The van der Waals surface area contributed by atoms with Crippen LogP contribution in [0.4, 0.5) is 18.9 Å². The minimum atomic E-state index is -4.48. The first-order valence-electron chi connectivity index (χ1n) is 4.86. The maximum Gasteiger partial charge on any atom is 0.418 e. The molecule has 0 fully saturated rings. The number of pyridine rings is 1. The number of aromatic nitrogens is 1. The van der Waals surface area contributed by atoms with Crippen LogP contribution in [0, 0.1) is 0 Å². The molecule has 88 valence electrons. The second-order valence-electron chi connectivity index (χ2n) is 3.51. The number of hydrogen-bond acceptors (Lipinski definition) is 2. The van der Waals surface area contributed by atoms with Crippen LogP contribution in [0.3, 0.4) is 0 Å². The van der Waals surface area contributed by atoms with Gasteiger partial charge >= 0.3 is 6.18 Å². The van der Waals surface area contributed by atoms with E-state index in [1.54, 1.807) is 12.1 Å². The number of alkyl halides is 3. The molecule has 0 aliphatic rings. The van der Waals surface area contributed by atoms with Gasteiger partial charge < -0.3 is 5.73 Å². The highest BCUT2D eigenvalue weighted by atomic mass is 19.4. The van der Waals surface area contributed by atoms with Gasteiger partial charge in [0.25, 0.3) is 0 Å². The summed E-state index contributed by atoms with van der Waals surface area (Å²) in [6.45, 7) is 0. The largest absolute Gasteiger partial charge is 0.418 e. The van der Waals surface area contributed by atoms with Crippen LogP contribution >= 0.6 is 0 Å². The van der Waals surface area contributed by atoms with Crippen LogP contribution < -0.4 is 5.73 Å². The number of anilines is 1. The number of benzene rings is 1. The van der Waals surface area contributed by atoms with Crippen LogP contribution in [0.25, 0.3) is 11.1 Å². The van der Waals surface area contributed by atoms with Gasteiger partial charge in [-0.05, 0) is 17.7 Å². The molecule has 1 aromatic carbocycles. The summed E-state index contributed by atoms with van der Waals surface area (Å²) in [4.78, 5) is 3.81. The molecule has 2 N–H and O–H groups in total. The summed E-state index contributed by atoms with van der Waals surface area (Å²) < 4.78 is 38.7. The second kappa shape index (κ2) is 4.08. The Morgan fingerprint density at radius 3 is 2.41 bits per heavy atom. The maximum atomic E-state index is 12.9. The summed E-state index contributed by atoms with van der Waals surface area (Å²) in [5.74, 6) is 0. The Kier molecular flexibility index (Phi) is 2.75. The van der Waals surface area contributed by atoms with Crippen LogP contribution in [-0.4, -0.2) is 4.98 Å². The van der Waals surface area contributed by atoms with Gasteiger partial charge in [0.2, 0.25) is 0 Å². The fourth-order valence-electron chi connectivity index (χ4n) is 1.65. The van der Waals surface area contributed by atoms with Gasteiger partial charge in [-0.2, -0.15) is 13.2 Å². The molecule has 2 nitrogen and oxygen atoms in total. The van der Waals surface area contributed by atoms with Gasteiger partial charge in [-0.15, -0.1) is 0 Å². The molecule has 0 amide bonds. The summed E-state index contributed by atoms with van der Waals surface area (Å²) >= 11 is 0. The Morgan fingerprint density at radius 1 is 1.06 bits per heavy atom. The van der Waals surface area contributed by atoms with E-state index in [1.165, 1.54) is 30.6 Å². The third kappa shape index (κ3) is 2.22. The normalized spacial score (nSPS) is 11.5. The van der Waals surface area contributed by atoms with E-state index in [9.17, 15) is 13.2 Å². The minimum Gasteiger partial charge on any atom is -0.398 e. The average Bonchev–Trinajstić information content (AvgIpc) is 2.28. The molecule has 0 spiro atoms. The van der Waals surface area contributed by atoms with Gasteiger partial charge in [0.15, 0.2) is 0 Å². The van der Waals surface area contributed by atoms with Crippen LogP contribution in [-0.2, 0) is 6.18 Å². The lowest BCUT2D eigenvalue weighted by Gasteiger charge is -2.14. The van der Waals surface area contributed by atoms with Crippen molar-refractivity contribution in [3.05, 3.63) is 48.3 Å². The van der Waals surface area contributed by atoms with Crippen molar-refractivity contribution in [2.24, 2.45) is 0 Å². The van der Waals surface area contributed by atoms with E-state index in [2.05, 4.69) is 4.98 Å². The highest BCUT2D eigenvalue weighted by Gasteiger charge is 2.35. The molecule has 1 heterocycles. The molecule has 17 heavy (non-hydrogen) atoms. The first-order chi connectivity index (χ1) is 8.00. The number of hydrogen-bond donors (Lipinski definition) is 1. The van der Waals surface area contributed by atoms with Crippen molar-refractivity contribution < 1.29 is 13.2 Å². The topological polar surface area (TPSA) is 38.9 Å². The van der Waals surface area contributed by atoms with Crippen LogP contribution in [0.15, 0.2) is 42.7 Å². The predicted octanol–water partition coefficient (Wildman–Crippen LogP) is 3.35. The van der Waals surface area contributed by atoms with E-state index in [4.69, 9.17) is 5.73 Å². The van der Waals surface area contributed by atoms with Gasteiger partial charge in [-0.3, -0.25) is 4.98 Å². The Hall–Kier alpha value is -2.04. The molecule has 1 aromatic heterocycles. The van der Waals surface area contributed by atoms with Crippen LogP contribution in [0.1, 0.15) is 5.56 Å². The Bertz CT molecular complexity index is 521. The molecule has 5 heteroatoms. The molecular weight excluding hydrogens is 229 g/mol. The van der Waals surface area contributed by atoms with E-state index in [0.717, 1.165) is 0 Å². The van der Waals surface area contributed by atoms with Crippen molar-refractivity contribution in [2.75, 3.05) is 5.73 Å². The summed E-state index contributed by atoms with van der Waals surface area (Å²) in [7, 11) is 0. The summed E-state index contributed by atoms with van der Waals surface area (Å²) in [5.41, 5.74) is 4.76. The monoisotopic (exact) mass is 238 g/mol. The molecule has 0 atom stereocenters. The smallest absolute Gasteiger partial charge is 0.398 e. The highest BCUT2D eigenvalue weighted by molar-refractivity contribution is 5.73. The third-order valence-corrected chi connectivity index (χ3v) is 2.35. The zero-order valence-electron chi connectivity index (χ0n) is 8.70. The molecule has 0 bridgehead atoms.